The van der Waals surface area contributed by atoms with Crippen molar-refractivity contribution in [2.45, 2.75) is 90.6 Å². The lowest BCUT2D eigenvalue weighted by atomic mass is 10.1. The third kappa shape index (κ3) is 21.3. The van der Waals surface area contributed by atoms with Crippen molar-refractivity contribution < 1.29 is 42.1 Å². The van der Waals surface area contributed by atoms with Crippen molar-refractivity contribution in [2.75, 3.05) is 47.5 Å². The van der Waals surface area contributed by atoms with Gasteiger partial charge in [-0.25, -0.2) is 0 Å². The maximum atomic E-state index is 12.2. The van der Waals surface area contributed by atoms with Crippen molar-refractivity contribution in [3.63, 3.8) is 0 Å². The molecule has 0 aliphatic carbocycles. The molecular weight excluding hydrogens is 449 g/mol. The first kappa shape index (κ1) is 32.0. The SMILES string of the molecule is CCCCCCCCC(=O)OC(COC(=O)CCCCC)COP(=O)([O-])OCC[N+](C)(C)C. The molecule has 2 atom stereocenters. The van der Waals surface area contributed by atoms with E-state index < -0.39 is 32.5 Å². The molecule has 196 valence electrons. The van der Waals surface area contributed by atoms with Crippen LogP contribution in [0.3, 0.4) is 0 Å². The van der Waals surface area contributed by atoms with Gasteiger partial charge in [0.1, 0.15) is 19.8 Å². The molecule has 0 bridgehead atoms. The van der Waals surface area contributed by atoms with Crippen LogP contribution in [0.5, 0.6) is 0 Å². The Morgan fingerprint density at radius 2 is 1.36 bits per heavy atom. The molecule has 0 fully saturated rings. The fraction of sp³-hybridized carbons (Fsp3) is 0.913. The van der Waals surface area contributed by atoms with Gasteiger partial charge < -0.3 is 27.9 Å². The zero-order chi connectivity index (χ0) is 25.2. The van der Waals surface area contributed by atoms with Crippen LogP contribution in [-0.2, 0) is 32.7 Å². The first-order valence-electron chi connectivity index (χ1n) is 12.2. The molecule has 9 nitrogen and oxygen atoms in total. The Hall–Kier alpha value is -0.990. The monoisotopic (exact) mass is 495 g/mol. The molecule has 2 unspecified atom stereocenters. The number of likely N-dealkylation sites (N-methyl/N-ethyl adjacent to an activating group) is 1. The Labute approximate surface area is 200 Å². The number of nitrogens with zero attached hydrogens (tertiary/aromatic N) is 1. The van der Waals surface area contributed by atoms with E-state index in [4.69, 9.17) is 18.5 Å². The second-order valence-corrected chi connectivity index (χ2v) is 10.8. The normalized spacial score (nSPS) is 14.5. The van der Waals surface area contributed by atoms with E-state index in [0.29, 0.717) is 23.9 Å². The van der Waals surface area contributed by atoms with Crippen LogP contribution in [0.25, 0.3) is 0 Å². The molecule has 0 aliphatic rings. The van der Waals surface area contributed by atoms with Crippen molar-refractivity contribution >= 4 is 19.8 Å². The Balaban J connectivity index is 4.61. The van der Waals surface area contributed by atoms with Crippen LogP contribution in [0.15, 0.2) is 0 Å². The van der Waals surface area contributed by atoms with E-state index in [2.05, 4.69) is 6.92 Å². The maximum Gasteiger partial charge on any atom is 0.306 e. The van der Waals surface area contributed by atoms with Gasteiger partial charge in [0.2, 0.25) is 0 Å². The van der Waals surface area contributed by atoms with Gasteiger partial charge in [-0.2, -0.15) is 0 Å². The fourth-order valence-electron chi connectivity index (χ4n) is 2.83. The quantitative estimate of drug-likeness (QED) is 0.102. The van der Waals surface area contributed by atoms with Crippen molar-refractivity contribution in [2.24, 2.45) is 0 Å². The number of hydrogen-bond acceptors (Lipinski definition) is 8. The van der Waals surface area contributed by atoms with E-state index in [0.717, 1.165) is 38.5 Å². The summed E-state index contributed by atoms with van der Waals surface area (Å²) < 4.78 is 32.9. The maximum absolute atomic E-state index is 12.2. The topological polar surface area (TPSA) is 111 Å². The summed E-state index contributed by atoms with van der Waals surface area (Å²) in [6, 6.07) is 0. The van der Waals surface area contributed by atoms with Gasteiger partial charge in [-0.1, -0.05) is 58.8 Å². The standard InChI is InChI=1S/C23H46NO8P/c1-6-8-10-11-12-14-16-23(26)32-21(19-29-22(25)15-13-9-7-2)20-31-33(27,28)30-18-17-24(3,4)5/h21H,6-20H2,1-5H3. The average Bonchev–Trinajstić information content (AvgIpc) is 2.71. The number of carbonyl (C=O) groups excluding carboxylic acids is 2. The minimum absolute atomic E-state index is 0.0286. The highest BCUT2D eigenvalue weighted by Crippen LogP contribution is 2.38. The smallest absolute Gasteiger partial charge is 0.306 e. The Bertz CT molecular complexity index is 579. The third-order valence-corrected chi connectivity index (χ3v) is 5.84. The molecule has 10 heteroatoms. The lowest BCUT2D eigenvalue weighted by molar-refractivity contribution is -0.870. The van der Waals surface area contributed by atoms with E-state index in [1.807, 2.05) is 28.1 Å². The predicted molar refractivity (Wildman–Crippen MR) is 125 cm³/mol. The highest BCUT2D eigenvalue weighted by atomic mass is 31.2. The number of phosphoric acid groups is 1. The fourth-order valence-corrected chi connectivity index (χ4v) is 3.55. The predicted octanol–water partition coefficient (Wildman–Crippen LogP) is 3.98. The lowest BCUT2D eigenvalue weighted by Crippen LogP contribution is -2.37. The van der Waals surface area contributed by atoms with E-state index in [-0.39, 0.29) is 26.1 Å². The molecule has 0 heterocycles. The molecule has 0 radical (unpaired) electrons. The van der Waals surface area contributed by atoms with Crippen molar-refractivity contribution in [1.82, 2.24) is 0 Å². The highest BCUT2D eigenvalue weighted by Gasteiger charge is 2.21. The van der Waals surface area contributed by atoms with Gasteiger partial charge in [0, 0.05) is 12.8 Å². The van der Waals surface area contributed by atoms with Gasteiger partial charge in [-0.05, 0) is 12.8 Å². The summed E-state index contributed by atoms with van der Waals surface area (Å²) in [5, 5.41) is 0. The highest BCUT2D eigenvalue weighted by molar-refractivity contribution is 7.45. The van der Waals surface area contributed by atoms with Gasteiger partial charge >= 0.3 is 11.9 Å². The van der Waals surface area contributed by atoms with Gasteiger partial charge in [-0.3, -0.25) is 14.2 Å². The van der Waals surface area contributed by atoms with Gasteiger partial charge in [0.25, 0.3) is 7.82 Å². The van der Waals surface area contributed by atoms with Crippen LogP contribution in [0.2, 0.25) is 0 Å². The summed E-state index contributed by atoms with van der Waals surface area (Å²) in [6.07, 6.45) is 8.25. The second-order valence-electron chi connectivity index (χ2n) is 9.36. The number of esters is 2. The zero-order valence-corrected chi connectivity index (χ0v) is 22.2. The van der Waals surface area contributed by atoms with Crippen LogP contribution in [0.1, 0.15) is 84.5 Å². The van der Waals surface area contributed by atoms with Gasteiger partial charge in [0.15, 0.2) is 6.10 Å². The summed E-state index contributed by atoms with van der Waals surface area (Å²) in [4.78, 5) is 36.1. The molecule has 0 rings (SSSR count). The van der Waals surface area contributed by atoms with Crippen LogP contribution < -0.4 is 4.89 Å². The van der Waals surface area contributed by atoms with E-state index in [1.165, 1.54) is 6.42 Å². The molecular formula is C23H46NO8P. The number of carbonyl (C=O) groups is 2. The molecule has 0 saturated carbocycles. The first-order valence-corrected chi connectivity index (χ1v) is 13.7. The summed E-state index contributed by atoms with van der Waals surface area (Å²) in [6.45, 7) is 3.90. The van der Waals surface area contributed by atoms with Crippen LogP contribution >= 0.6 is 7.82 Å². The second kappa shape index (κ2) is 18.4. The molecule has 0 saturated heterocycles. The summed E-state index contributed by atoms with van der Waals surface area (Å²) >= 11 is 0. The summed E-state index contributed by atoms with van der Waals surface area (Å²) in [7, 11) is 1.16. The first-order chi connectivity index (χ1) is 15.5. The number of rotatable bonds is 21. The van der Waals surface area contributed by atoms with E-state index >= 15 is 0 Å². The number of ether oxygens (including phenoxy) is 2. The molecule has 0 amide bonds. The summed E-state index contributed by atoms with van der Waals surface area (Å²) in [5.41, 5.74) is 0. The molecule has 0 aromatic carbocycles. The lowest BCUT2D eigenvalue weighted by Gasteiger charge is -2.28. The molecule has 0 spiro atoms. The number of quaternary nitrogens is 1. The van der Waals surface area contributed by atoms with Crippen molar-refractivity contribution in [1.29, 1.82) is 0 Å². The number of hydrogen-bond donors (Lipinski definition) is 0. The van der Waals surface area contributed by atoms with Crippen LogP contribution in [0.4, 0.5) is 0 Å². The Morgan fingerprint density at radius 1 is 0.818 bits per heavy atom. The van der Waals surface area contributed by atoms with Crippen molar-refractivity contribution in [3.8, 4) is 0 Å². The Kier molecular flexibility index (Phi) is 17.8. The van der Waals surface area contributed by atoms with Crippen molar-refractivity contribution in [3.05, 3.63) is 0 Å². The largest absolute Gasteiger partial charge is 0.756 e. The van der Waals surface area contributed by atoms with E-state index in [1.54, 1.807) is 0 Å². The van der Waals surface area contributed by atoms with Gasteiger partial charge in [0.05, 0.1) is 27.7 Å². The minimum Gasteiger partial charge on any atom is -0.756 e. The Morgan fingerprint density at radius 3 is 2.00 bits per heavy atom. The zero-order valence-electron chi connectivity index (χ0n) is 21.3. The van der Waals surface area contributed by atoms with Gasteiger partial charge in [-0.15, -0.1) is 0 Å². The van der Waals surface area contributed by atoms with E-state index in [9.17, 15) is 19.0 Å². The number of unbranched alkanes of at least 4 members (excludes halogenated alkanes) is 7. The molecule has 0 aromatic heterocycles. The molecule has 0 aliphatic heterocycles. The van der Waals surface area contributed by atoms with Crippen LogP contribution in [0, 0.1) is 0 Å². The molecule has 33 heavy (non-hydrogen) atoms. The third-order valence-electron chi connectivity index (χ3n) is 4.88. The average molecular weight is 496 g/mol. The minimum atomic E-state index is -4.57. The van der Waals surface area contributed by atoms with Crippen LogP contribution in [-0.4, -0.2) is 70.0 Å². The summed E-state index contributed by atoms with van der Waals surface area (Å²) in [5.74, 6) is -0.877. The molecule has 0 N–H and O–H groups in total. The number of phosphoric ester groups is 1. The molecule has 0 aromatic rings.